The summed E-state index contributed by atoms with van der Waals surface area (Å²) in [6.07, 6.45) is 0. The Bertz CT molecular complexity index is 1160. The standard InChI is InChI=1S/C20H16N2O7S/c23-20(24)14-21(30(27,28)19-9-5-4-8-18(19)22(25)26)15-10-12-17(13-11-15)29-16-6-2-1-3-7-16/h1-13H,14H2,(H,23,24). The lowest BCUT2D eigenvalue weighted by atomic mass is 10.3. The minimum atomic E-state index is -4.53. The zero-order valence-corrected chi connectivity index (χ0v) is 16.2. The number of ether oxygens (including phenoxy) is 1. The van der Waals surface area contributed by atoms with Crippen LogP contribution in [0.1, 0.15) is 0 Å². The number of anilines is 1. The van der Waals surface area contributed by atoms with E-state index < -0.39 is 38.0 Å². The van der Waals surface area contributed by atoms with E-state index in [0.29, 0.717) is 15.8 Å². The molecule has 0 aliphatic heterocycles. The molecule has 0 bridgehead atoms. The van der Waals surface area contributed by atoms with Gasteiger partial charge in [-0.25, -0.2) is 8.42 Å². The predicted octanol–water partition coefficient (Wildman–Crippen LogP) is 3.67. The van der Waals surface area contributed by atoms with Gasteiger partial charge >= 0.3 is 5.97 Å². The van der Waals surface area contributed by atoms with E-state index in [1.54, 1.807) is 24.3 Å². The average molecular weight is 428 g/mol. The van der Waals surface area contributed by atoms with Crippen LogP contribution in [0.25, 0.3) is 0 Å². The largest absolute Gasteiger partial charge is 0.480 e. The average Bonchev–Trinajstić information content (AvgIpc) is 2.73. The Balaban J connectivity index is 1.98. The summed E-state index contributed by atoms with van der Waals surface area (Å²) in [4.78, 5) is 21.2. The fraction of sp³-hybridized carbons (Fsp3) is 0.0500. The molecule has 0 radical (unpaired) electrons. The van der Waals surface area contributed by atoms with Crippen LogP contribution in [0, 0.1) is 10.1 Å². The molecule has 0 aliphatic carbocycles. The van der Waals surface area contributed by atoms with Gasteiger partial charge in [0.25, 0.3) is 15.7 Å². The van der Waals surface area contributed by atoms with Gasteiger partial charge in [0.05, 0.1) is 10.6 Å². The van der Waals surface area contributed by atoms with E-state index in [0.717, 1.165) is 12.1 Å². The summed E-state index contributed by atoms with van der Waals surface area (Å²) in [5.41, 5.74) is -0.618. The Labute approximate surface area is 172 Å². The summed E-state index contributed by atoms with van der Waals surface area (Å²) >= 11 is 0. The lowest BCUT2D eigenvalue weighted by Crippen LogP contribution is -2.36. The van der Waals surface area contributed by atoms with E-state index in [2.05, 4.69) is 0 Å². The number of carboxylic acids is 1. The SMILES string of the molecule is O=C(O)CN(c1ccc(Oc2ccccc2)cc1)S(=O)(=O)c1ccccc1[N+](=O)[O-]. The first kappa shape index (κ1) is 20.8. The van der Waals surface area contributed by atoms with Gasteiger partial charge in [0, 0.05) is 6.07 Å². The maximum Gasteiger partial charge on any atom is 0.324 e. The highest BCUT2D eigenvalue weighted by molar-refractivity contribution is 7.93. The normalized spacial score (nSPS) is 10.9. The molecule has 30 heavy (non-hydrogen) atoms. The maximum absolute atomic E-state index is 13.1. The molecule has 3 aromatic rings. The number of aliphatic carboxylic acids is 1. The first-order chi connectivity index (χ1) is 14.3. The van der Waals surface area contributed by atoms with E-state index in [4.69, 9.17) is 4.74 Å². The second-order valence-corrected chi connectivity index (χ2v) is 7.87. The van der Waals surface area contributed by atoms with Crippen molar-refractivity contribution in [3.8, 4) is 11.5 Å². The van der Waals surface area contributed by atoms with Crippen LogP contribution >= 0.6 is 0 Å². The molecule has 0 saturated heterocycles. The Hall–Kier alpha value is -3.92. The fourth-order valence-corrected chi connectivity index (χ4v) is 4.26. The minimum Gasteiger partial charge on any atom is -0.480 e. The molecule has 0 spiro atoms. The van der Waals surface area contributed by atoms with Gasteiger partial charge in [-0.05, 0) is 42.5 Å². The van der Waals surface area contributed by atoms with E-state index in [1.165, 1.54) is 36.4 Å². The third-order valence-electron chi connectivity index (χ3n) is 4.01. The van der Waals surface area contributed by atoms with Crippen molar-refractivity contribution in [2.75, 3.05) is 10.8 Å². The van der Waals surface area contributed by atoms with Crippen LogP contribution in [0.15, 0.2) is 83.8 Å². The molecule has 0 amide bonds. The molecule has 0 fully saturated rings. The quantitative estimate of drug-likeness (QED) is 0.428. The third kappa shape index (κ3) is 4.55. The Morgan fingerprint density at radius 2 is 1.50 bits per heavy atom. The molecule has 154 valence electrons. The third-order valence-corrected chi connectivity index (χ3v) is 5.83. The topological polar surface area (TPSA) is 127 Å². The molecule has 0 unspecified atom stereocenters. The number of nitro benzene ring substituents is 1. The van der Waals surface area contributed by atoms with Crippen molar-refractivity contribution in [1.29, 1.82) is 0 Å². The zero-order valence-electron chi connectivity index (χ0n) is 15.4. The van der Waals surface area contributed by atoms with Gasteiger partial charge in [-0.15, -0.1) is 0 Å². The number of para-hydroxylation sites is 2. The van der Waals surface area contributed by atoms with Crippen molar-refractivity contribution in [2.45, 2.75) is 4.90 Å². The maximum atomic E-state index is 13.1. The number of rotatable bonds is 8. The van der Waals surface area contributed by atoms with Crippen LogP contribution < -0.4 is 9.04 Å². The molecular weight excluding hydrogens is 412 g/mol. The summed E-state index contributed by atoms with van der Waals surface area (Å²) < 4.78 is 32.4. The Morgan fingerprint density at radius 1 is 0.933 bits per heavy atom. The van der Waals surface area contributed by atoms with Crippen LogP contribution in [0.4, 0.5) is 11.4 Å². The van der Waals surface area contributed by atoms with Gasteiger partial charge in [-0.2, -0.15) is 0 Å². The first-order valence-electron chi connectivity index (χ1n) is 8.60. The monoisotopic (exact) mass is 428 g/mol. The smallest absolute Gasteiger partial charge is 0.324 e. The molecular formula is C20H16N2O7S. The van der Waals surface area contributed by atoms with E-state index >= 15 is 0 Å². The second kappa shape index (κ2) is 8.62. The number of hydrogen-bond donors (Lipinski definition) is 1. The molecule has 0 heterocycles. The summed E-state index contributed by atoms with van der Waals surface area (Å²) in [6, 6.07) is 19.3. The summed E-state index contributed by atoms with van der Waals surface area (Å²) in [6.45, 7) is -0.909. The highest BCUT2D eigenvalue weighted by Crippen LogP contribution is 2.31. The zero-order chi connectivity index (χ0) is 21.7. The lowest BCUT2D eigenvalue weighted by molar-refractivity contribution is -0.387. The van der Waals surface area contributed by atoms with Crippen LogP contribution in [0.2, 0.25) is 0 Å². The van der Waals surface area contributed by atoms with Crippen molar-refractivity contribution in [2.24, 2.45) is 0 Å². The van der Waals surface area contributed by atoms with Gasteiger partial charge < -0.3 is 9.84 Å². The Kier molecular flexibility index (Phi) is 5.98. The van der Waals surface area contributed by atoms with E-state index in [9.17, 15) is 28.4 Å². The molecule has 0 saturated carbocycles. The molecule has 0 atom stereocenters. The van der Waals surface area contributed by atoms with Crippen molar-refractivity contribution in [3.05, 3.63) is 89.0 Å². The summed E-state index contributed by atoms with van der Waals surface area (Å²) in [5, 5.41) is 20.5. The van der Waals surface area contributed by atoms with Gasteiger partial charge in [-0.1, -0.05) is 30.3 Å². The number of nitrogens with zero attached hydrogens (tertiary/aromatic N) is 2. The van der Waals surface area contributed by atoms with Crippen LogP contribution in [0.5, 0.6) is 11.5 Å². The molecule has 0 aliphatic rings. The molecule has 0 aromatic heterocycles. The summed E-state index contributed by atoms with van der Waals surface area (Å²) in [5.74, 6) is -0.440. The predicted molar refractivity (Wildman–Crippen MR) is 108 cm³/mol. The number of carbonyl (C=O) groups is 1. The summed E-state index contributed by atoms with van der Waals surface area (Å²) in [7, 11) is -4.53. The number of hydrogen-bond acceptors (Lipinski definition) is 6. The van der Waals surface area contributed by atoms with Crippen LogP contribution in [-0.2, 0) is 14.8 Å². The fourth-order valence-electron chi connectivity index (χ4n) is 2.69. The molecule has 1 N–H and O–H groups in total. The van der Waals surface area contributed by atoms with Gasteiger partial charge in [-0.3, -0.25) is 19.2 Å². The van der Waals surface area contributed by atoms with E-state index in [-0.39, 0.29) is 5.69 Å². The Morgan fingerprint density at radius 3 is 2.10 bits per heavy atom. The number of nitro groups is 1. The number of carboxylic acid groups (broad SMARTS) is 1. The molecule has 10 heteroatoms. The van der Waals surface area contributed by atoms with Crippen molar-refractivity contribution >= 4 is 27.4 Å². The first-order valence-corrected chi connectivity index (χ1v) is 10.0. The highest BCUT2D eigenvalue weighted by Gasteiger charge is 2.33. The van der Waals surface area contributed by atoms with Crippen molar-refractivity contribution < 1.29 is 28.0 Å². The highest BCUT2D eigenvalue weighted by atomic mass is 32.2. The van der Waals surface area contributed by atoms with Gasteiger partial charge in [0.1, 0.15) is 18.0 Å². The number of sulfonamides is 1. The van der Waals surface area contributed by atoms with Gasteiger partial charge in [0.2, 0.25) is 0 Å². The lowest BCUT2D eigenvalue weighted by Gasteiger charge is -2.22. The minimum absolute atomic E-state index is 0.0240. The molecule has 3 rings (SSSR count). The van der Waals surface area contributed by atoms with Crippen LogP contribution in [0.3, 0.4) is 0 Å². The van der Waals surface area contributed by atoms with Gasteiger partial charge in [0.15, 0.2) is 4.90 Å². The molecule has 9 nitrogen and oxygen atoms in total. The second-order valence-electron chi connectivity index (χ2n) is 6.04. The van der Waals surface area contributed by atoms with Crippen LogP contribution in [-0.4, -0.2) is 31.0 Å². The van der Waals surface area contributed by atoms with Crippen molar-refractivity contribution in [3.63, 3.8) is 0 Å². The van der Waals surface area contributed by atoms with E-state index in [1.807, 2.05) is 6.07 Å². The number of benzene rings is 3. The van der Waals surface area contributed by atoms with Crippen molar-refractivity contribution in [1.82, 2.24) is 0 Å². The molecule has 3 aromatic carbocycles.